The molecule has 1 aliphatic rings. The third-order valence-electron chi connectivity index (χ3n) is 3.85. The normalized spacial score (nSPS) is 32.5. The van der Waals surface area contributed by atoms with E-state index in [1.165, 1.54) is 0 Å². The van der Waals surface area contributed by atoms with E-state index in [-0.39, 0.29) is 12.2 Å². The number of aliphatic hydroxyl groups is 1. The molecule has 1 N–H and O–H groups in total. The van der Waals surface area contributed by atoms with Gasteiger partial charge < -0.3 is 24.1 Å². The largest absolute Gasteiger partial charge is 0.387 e. The number of benzene rings is 1. The van der Waals surface area contributed by atoms with Crippen LogP contribution in [0, 0.1) is 0 Å². The maximum Gasteiger partial charge on any atom is 0.115 e. The van der Waals surface area contributed by atoms with Crippen LogP contribution in [0.1, 0.15) is 5.56 Å². The van der Waals surface area contributed by atoms with E-state index in [9.17, 15) is 5.11 Å². The fraction of sp³-hybridized carbons (Fsp3) is 0.529. The van der Waals surface area contributed by atoms with Gasteiger partial charge in [-0.15, -0.1) is 0 Å². The summed E-state index contributed by atoms with van der Waals surface area (Å²) in [4.78, 5) is 0. The molecular formula is C17H24O5. The second-order valence-electron chi connectivity index (χ2n) is 5.26. The van der Waals surface area contributed by atoms with E-state index < -0.39 is 18.3 Å². The van der Waals surface area contributed by atoms with Crippen molar-refractivity contribution in [2.45, 2.75) is 30.5 Å². The van der Waals surface area contributed by atoms with Crippen LogP contribution in [0.4, 0.5) is 0 Å². The van der Waals surface area contributed by atoms with Crippen molar-refractivity contribution in [2.24, 2.45) is 0 Å². The zero-order valence-electron chi connectivity index (χ0n) is 13.2. The van der Waals surface area contributed by atoms with E-state index in [2.05, 4.69) is 0 Å². The van der Waals surface area contributed by atoms with Gasteiger partial charge in [-0.1, -0.05) is 42.5 Å². The highest BCUT2D eigenvalue weighted by Gasteiger charge is 2.44. The van der Waals surface area contributed by atoms with Crippen LogP contribution in [0.15, 0.2) is 36.4 Å². The second kappa shape index (κ2) is 8.41. The van der Waals surface area contributed by atoms with Gasteiger partial charge in [0.2, 0.25) is 0 Å². The lowest BCUT2D eigenvalue weighted by atomic mass is 9.94. The summed E-state index contributed by atoms with van der Waals surface area (Å²) in [6.07, 6.45) is 1.40. The molecule has 0 unspecified atom stereocenters. The first-order valence-corrected chi connectivity index (χ1v) is 7.32. The van der Waals surface area contributed by atoms with Crippen LogP contribution in [0.5, 0.6) is 0 Å². The van der Waals surface area contributed by atoms with Crippen molar-refractivity contribution in [1.29, 1.82) is 0 Å². The Bertz CT molecular complexity index is 459. The van der Waals surface area contributed by atoms with E-state index in [0.717, 1.165) is 5.56 Å². The second-order valence-corrected chi connectivity index (χ2v) is 5.26. The minimum Gasteiger partial charge on any atom is -0.387 e. The number of hydrogen-bond acceptors (Lipinski definition) is 5. The van der Waals surface area contributed by atoms with Crippen LogP contribution < -0.4 is 0 Å². The minimum atomic E-state index is -0.783. The molecule has 0 spiro atoms. The van der Waals surface area contributed by atoms with E-state index >= 15 is 0 Å². The Kier molecular flexibility index (Phi) is 6.54. The smallest absolute Gasteiger partial charge is 0.115 e. The molecule has 0 saturated carbocycles. The topological polar surface area (TPSA) is 57.2 Å². The van der Waals surface area contributed by atoms with Crippen molar-refractivity contribution >= 4 is 6.08 Å². The SMILES string of the molecule is COC[C@H]1O[C@@H](/C=C/c2ccccc2)[C@H](OC)[C@@H](O)[C@@H]1OC. The van der Waals surface area contributed by atoms with Gasteiger partial charge in [-0.05, 0) is 5.56 Å². The van der Waals surface area contributed by atoms with E-state index in [1.54, 1.807) is 21.3 Å². The molecule has 5 nitrogen and oxygen atoms in total. The molecular weight excluding hydrogens is 284 g/mol. The van der Waals surface area contributed by atoms with Crippen molar-refractivity contribution in [3.8, 4) is 0 Å². The standard InChI is InChI=1S/C17H24O5/c1-19-11-14-17(21-3)15(18)16(20-2)13(22-14)10-9-12-7-5-4-6-8-12/h4-10,13-18H,11H2,1-3H3/b10-9+/t13-,14+,15+,16-,17+/m0/s1. The monoisotopic (exact) mass is 308 g/mol. The maximum absolute atomic E-state index is 10.5. The molecule has 1 fully saturated rings. The quantitative estimate of drug-likeness (QED) is 0.863. The summed E-state index contributed by atoms with van der Waals surface area (Å²) in [6.45, 7) is 0.349. The predicted molar refractivity (Wildman–Crippen MR) is 83.6 cm³/mol. The fourth-order valence-electron chi connectivity index (χ4n) is 2.75. The molecule has 5 atom stereocenters. The molecule has 1 aromatic rings. The first-order chi connectivity index (χ1) is 10.7. The number of aliphatic hydroxyl groups excluding tert-OH is 1. The molecule has 0 bridgehead atoms. The number of methoxy groups -OCH3 is 3. The van der Waals surface area contributed by atoms with Crippen LogP contribution >= 0.6 is 0 Å². The van der Waals surface area contributed by atoms with Gasteiger partial charge >= 0.3 is 0 Å². The number of rotatable bonds is 6. The Balaban J connectivity index is 2.15. The molecule has 1 aromatic carbocycles. The highest BCUT2D eigenvalue weighted by Crippen LogP contribution is 2.26. The molecule has 2 rings (SSSR count). The third-order valence-corrected chi connectivity index (χ3v) is 3.85. The number of ether oxygens (including phenoxy) is 4. The van der Waals surface area contributed by atoms with Crippen molar-refractivity contribution in [3.63, 3.8) is 0 Å². The van der Waals surface area contributed by atoms with Crippen LogP contribution in [-0.4, -0.2) is 63.6 Å². The van der Waals surface area contributed by atoms with Gasteiger partial charge in [0.1, 0.15) is 30.5 Å². The van der Waals surface area contributed by atoms with Gasteiger partial charge in [0, 0.05) is 21.3 Å². The molecule has 0 amide bonds. The zero-order valence-corrected chi connectivity index (χ0v) is 13.2. The van der Waals surface area contributed by atoms with Crippen LogP contribution in [0.2, 0.25) is 0 Å². The third kappa shape index (κ3) is 3.94. The molecule has 5 heteroatoms. The van der Waals surface area contributed by atoms with E-state index in [1.807, 2.05) is 42.5 Å². The Morgan fingerprint density at radius 3 is 2.36 bits per heavy atom. The summed E-state index contributed by atoms with van der Waals surface area (Å²) in [7, 11) is 4.70. The minimum absolute atomic E-state index is 0.346. The van der Waals surface area contributed by atoms with Gasteiger partial charge in [-0.2, -0.15) is 0 Å². The Morgan fingerprint density at radius 1 is 1.09 bits per heavy atom. The Labute approximate surface area is 131 Å². The lowest BCUT2D eigenvalue weighted by Crippen LogP contribution is -2.59. The van der Waals surface area contributed by atoms with Gasteiger partial charge in [0.05, 0.1) is 6.61 Å². The zero-order chi connectivity index (χ0) is 15.9. The van der Waals surface area contributed by atoms with E-state index in [0.29, 0.717) is 6.61 Å². The average molecular weight is 308 g/mol. The summed E-state index contributed by atoms with van der Waals surface area (Å²) >= 11 is 0. The molecule has 22 heavy (non-hydrogen) atoms. The fourth-order valence-corrected chi connectivity index (χ4v) is 2.75. The molecule has 0 radical (unpaired) electrons. The van der Waals surface area contributed by atoms with Crippen LogP contribution in [0.25, 0.3) is 6.08 Å². The Hall–Kier alpha value is -1.24. The first-order valence-electron chi connectivity index (χ1n) is 7.32. The highest BCUT2D eigenvalue weighted by molar-refractivity contribution is 5.49. The van der Waals surface area contributed by atoms with Gasteiger partial charge in [-0.25, -0.2) is 0 Å². The maximum atomic E-state index is 10.5. The van der Waals surface area contributed by atoms with E-state index in [4.69, 9.17) is 18.9 Å². The molecule has 0 aliphatic carbocycles. The molecule has 0 aromatic heterocycles. The highest BCUT2D eigenvalue weighted by atomic mass is 16.6. The van der Waals surface area contributed by atoms with Crippen LogP contribution in [-0.2, 0) is 18.9 Å². The summed E-state index contributed by atoms with van der Waals surface area (Å²) in [5.74, 6) is 0. The average Bonchev–Trinajstić information content (AvgIpc) is 2.54. The summed E-state index contributed by atoms with van der Waals surface area (Å²) in [5, 5.41) is 10.5. The summed E-state index contributed by atoms with van der Waals surface area (Å²) < 4.78 is 21.9. The lowest BCUT2D eigenvalue weighted by molar-refractivity contribution is -0.232. The molecule has 1 saturated heterocycles. The summed E-state index contributed by atoms with van der Waals surface area (Å²) in [6, 6.07) is 9.91. The van der Waals surface area contributed by atoms with Crippen molar-refractivity contribution in [1.82, 2.24) is 0 Å². The lowest BCUT2D eigenvalue weighted by Gasteiger charge is -2.42. The molecule has 1 heterocycles. The van der Waals surface area contributed by atoms with Gasteiger partial charge in [-0.3, -0.25) is 0 Å². The Morgan fingerprint density at radius 2 is 1.77 bits per heavy atom. The van der Waals surface area contributed by atoms with Crippen molar-refractivity contribution in [2.75, 3.05) is 27.9 Å². The first kappa shape index (κ1) is 17.1. The predicted octanol–water partition coefficient (Wildman–Crippen LogP) is 1.50. The van der Waals surface area contributed by atoms with Crippen molar-refractivity contribution in [3.05, 3.63) is 42.0 Å². The molecule has 1 aliphatic heterocycles. The van der Waals surface area contributed by atoms with Gasteiger partial charge in [0.25, 0.3) is 0 Å². The van der Waals surface area contributed by atoms with Crippen LogP contribution in [0.3, 0.4) is 0 Å². The summed E-state index contributed by atoms with van der Waals surface area (Å²) in [5.41, 5.74) is 1.06. The molecule has 122 valence electrons. The van der Waals surface area contributed by atoms with Gasteiger partial charge in [0.15, 0.2) is 0 Å². The van der Waals surface area contributed by atoms with Crippen molar-refractivity contribution < 1.29 is 24.1 Å². The number of hydrogen-bond donors (Lipinski definition) is 1.